The molecule has 1 aromatic heterocycles. The number of rotatable bonds is 2. The molecule has 0 aliphatic heterocycles. The Balaban J connectivity index is 2.17. The van der Waals surface area contributed by atoms with Crippen molar-refractivity contribution in [2.45, 2.75) is 25.2 Å². The maximum absolute atomic E-state index is 5.86. The molecule has 1 aliphatic carbocycles. The zero-order valence-corrected chi connectivity index (χ0v) is 9.53. The molecule has 0 radical (unpaired) electrons. The first-order valence-electron chi connectivity index (χ1n) is 5.80. The lowest BCUT2D eigenvalue weighted by Crippen LogP contribution is -2.19. The van der Waals surface area contributed by atoms with Crippen molar-refractivity contribution in [1.29, 1.82) is 0 Å². The van der Waals surface area contributed by atoms with Gasteiger partial charge in [0.1, 0.15) is 0 Å². The summed E-state index contributed by atoms with van der Waals surface area (Å²) in [7, 11) is 0. The number of benzene rings is 1. The van der Waals surface area contributed by atoms with Crippen molar-refractivity contribution in [3.8, 4) is 0 Å². The van der Waals surface area contributed by atoms with Crippen LogP contribution in [0.2, 0.25) is 0 Å². The van der Waals surface area contributed by atoms with E-state index in [1.807, 2.05) is 12.4 Å². The molecule has 1 saturated carbocycles. The van der Waals surface area contributed by atoms with Crippen molar-refractivity contribution in [1.82, 2.24) is 4.98 Å². The molecule has 2 heteroatoms. The fourth-order valence-corrected chi connectivity index (χ4v) is 2.42. The highest BCUT2D eigenvalue weighted by Crippen LogP contribution is 2.47. The van der Waals surface area contributed by atoms with Crippen LogP contribution >= 0.6 is 0 Å². The topological polar surface area (TPSA) is 38.9 Å². The van der Waals surface area contributed by atoms with Crippen molar-refractivity contribution in [2.75, 3.05) is 6.54 Å². The Morgan fingerprint density at radius 2 is 2.12 bits per heavy atom. The molecule has 0 bridgehead atoms. The predicted octanol–water partition coefficient (Wildman–Crippen LogP) is 2.53. The molecule has 2 nitrogen and oxygen atoms in total. The molecule has 2 aromatic rings. The van der Waals surface area contributed by atoms with E-state index in [0.717, 1.165) is 6.54 Å². The highest BCUT2D eigenvalue weighted by molar-refractivity contribution is 5.85. The fourth-order valence-electron chi connectivity index (χ4n) is 2.42. The molecule has 16 heavy (non-hydrogen) atoms. The smallest absolute Gasteiger partial charge is 0.0346 e. The summed E-state index contributed by atoms with van der Waals surface area (Å²) < 4.78 is 0. The molecule has 0 saturated heterocycles. The van der Waals surface area contributed by atoms with Crippen LogP contribution in [0.1, 0.15) is 24.0 Å². The summed E-state index contributed by atoms with van der Waals surface area (Å²) in [6.07, 6.45) is 6.32. The fraction of sp³-hybridized carbons (Fsp3) is 0.357. The minimum Gasteiger partial charge on any atom is -0.330 e. The van der Waals surface area contributed by atoms with Gasteiger partial charge in [-0.2, -0.15) is 0 Å². The van der Waals surface area contributed by atoms with Gasteiger partial charge in [0, 0.05) is 29.7 Å². The zero-order chi connectivity index (χ0) is 11.2. The quantitative estimate of drug-likeness (QED) is 0.830. The Morgan fingerprint density at radius 3 is 2.81 bits per heavy atom. The van der Waals surface area contributed by atoms with E-state index in [1.165, 1.54) is 34.7 Å². The Hall–Kier alpha value is -1.41. The SMILES string of the molecule is Cc1cncc2cc(C3(CN)CC3)ccc12. The molecular weight excluding hydrogens is 196 g/mol. The van der Waals surface area contributed by atoms with Crippen LogP contribution < -0.4 is 5.73 Å². The first-order chi connectivity index (χ1) is 7.75. The van der Waals surface area contributed by atoms with E-state index in [2.05, 4.69) is 30.1 Å². The number of hydrogen-bond donors (Lipinski definition) is 1. The number of aryl methyl sites for hydroxylation is 1. The van der Waals surface area contributed by atoms with Gasteiger partial charge < -0.3 is 5.73 Å². The van der Waals surface area contributed by atoms with Crippen LogP contribution in [-0.4, -0.2) is 11.5 Å². The minimum absolute atomic E-state index is 0.276. The summed E-state index contributed by atoms with van der Waals surface area (Å²) in [5.74, 6) is 0. The lowest BCUT2D eigenvalue weighted by atomic mass is 9.93. The van der Waals surface area contributed by atoms with Crippen molar-refractivity contribution in [3.05, 3.63) is 41.7 Å². The van der Waals surface area contributed by atoms with Crippen LogP contribution in [0.3, 0.4) is 0 Å². The molecule has 1 aromatic carbocycles. The van der Waals surface area contributed by atoms with Gasteiger partial charge in [-0.1, -0.05) is 12.1 Å². The molecule has 0 spiro atoms. The number of pyridine rings is 1. The van der Waals surface area contributed by atoms with Gasteiger partial charge in [0.15, 0.2) is 0 Å². The van der Waals surface area contributed by atoms with E-state index in [-0.39, 0.29) is 5.41 Å². The molecule has 3 rings (SSSR count). The van der Waals surface area contributed by atoms with Gasteiger partial charge in [-0.15, -0.1) is 0 Å². The molecule has 0 atom stereocenters. The zero-order valence-electron chi connectivity index (χ0n) is 9.53. The van der Waals surface area contributed by atoms with Crippen molar-refractivity contribution in [2.24, 2.45) is 5.73 Å². The number of hydrogen-bond acceptors (Lipinski definition) is 2. The van der Waals surface area contributed by atoms with Gasteiger partial charge >= 0.3 is 0 Å². The number of nitrogens with zero attached hydrogens (tertiary/aromatic N) is 1. The average Bonchev–Trinajstić information content (AvgIpc) is 3.10. The Kier molecular flexibility index (Phi) is 2.01. The second-order valence-corrected chi connectivity index (χ2v) is 4.88. The average molecular weight is 212 g/mol. The van der Waals surface area contributed by atoms with Gasteiger partial charge in [0.2, 0.25) is 0 Å². The largest absolute Gasteiger partial charge is 0.330 e. The van der Waals surface area contributed by atoms with E-state index >= 15 is 0 Å². The number of aromatic nitrogens is 1. The Morgan fingerprint density at radius 1 is 1.31 bits per heavy atom. The van der Waals surface area contributed by atoms with E-state index in [0.29, 0.717) is 0 Å². The van der Waals surface area contributed by atoms with Gasteiger partial charge in [-0.3, -0.25) is 4.98 Å². The van der Waals surface area contributed by atoms with Crippen LogP contribution in [0.15, 0.2) is 30.6 Å². The molecular formula is C14H16N2. The third-order valence-corrected chi connectivity index (χ3v) is 3.81. The Labute approximate surface area is 95.5 Å². The third-order valence-electron chi connectivity index (χ3n) is 3.81. The Bertz CT molecular complexity index is 541. The summed E-state index contributed by atoms with van der Waals surface area (Å²) in [6.45, 7) is 2.86. The molecule has 0 unspecified atom stereocenters. The van der Waals surface area contributed by atoms with Crippen LogP contribution in [-0.2, 0) is 5.41 Å². The number of fused-ring (bicyclic) bond motifs is 1. The van der Waals surface area contributed by atoms with Gasteiger partial charge in [0.25, 0.3) is 0 Å². The maximum Gasteiger partial charge on any atom is 0.0346 e. The summed E-state index contributed by atoms with van der Waals surface area (Å²) >= 11 is 0. The molecule has 1 aliphatic rings. The third kappa shape index (κ3) is 1.34. The molecule has 2 N–H and O–H groups in total. The van der Waals surface area contributed by atoms with Crippen molar-refractivity contribution < 1.29 is 0 Å². The normalized spacial score (nSPS) is 17.6. The van der Waals surface area contributed by atoms with Crippen LogP contribution in [0.4, 0.5) is 0 Å². The van der Waals surface area contributed by atoms with Gasteiger partial charge in [-0.05, 0) is 42.3 Å². The molecule has 1 heterocycles. The van der Waals surface area contributed by atoms with Crippen LogP contribution in [0, 0.1) is 6.92 Å². The summed E-state index contributed by atoms with van der Waals surface area (Å²) in [4.78, 5) is 4.25. The van der Waals surface area contributed by atoms with E-state index in [1.54, 1.807) is 0 Å². The summed E-state index contributed by atoms with van der Waals surface area (Å²) in [6, 6.07) is 6.70. The highest BCUT2D eigenvalue weighted by Gasteiger charge is 2.42. The minimum atomic E-state index is 0.276. The first-order valence-corrected chi connectivity index (χ1v) is 5.80. The highest BCUT2D eigenvalue weighted by atomic mass is 14.7. The lowest BCUT2D eigenvalue weighted by molar-refractivity contribution is 0.706. The first kappa shape index (κ1) is 9.79. The summed E-state index contributed by atoms with van der Waals surface area (Å²) in [5.41, 5.74) is 8.76. The summed E-state index contributed by atoms with van der Waals surface area (Å²) in [5, 5.41) is 2.53. The second kappa shape index (κ2) is 3.29. The maximum atomic E-state index is 5.86. The van der Waals surface area contributed by atoms with Crippen LogP contribution in [0.5, 0.6) is 0 Å². The van der Waals surface area contributed by atoms with Crippen molar-refractivity contribution >= 4 is 10.8 Å². The van der Waals surface area contributed by atoms with Crippen LogP contribution in [0.25, 0.3) is 10.8 Å². The second-order valence-electron chi connectivity index (χ2n) is 4.88. The van der Waals surface area contributed by atoms with Crippen molar-refractivity contribution in [3.63, 3.8) is 0 Å². The van der Waals surface area contributed by atoms with E-state index in [4.69, 9.17) is 5.73 Å². The molecule has 1 fully saturated rings. The monoisotopic (exact) mass is 212 g/mol. The van der Waals surface area contributed by atoms with Gasteiger partial charge in [0.05, 0.1) is 0 Å². The number of nitrogens with two attached hydrogens (primary N) is 1. The molecule has 0 amide bonds. The van der Waals surface area contributed by atoms with E-state index in [9.17, 15) is 0 Å². The van der Waals surface area contributed by atoms with Gasteiger partial charge in [-0.25, -0.2) is 0 Å². The lowest BCUT2D eigenvalue weighted by Gasteiger charge is -2.13. The molecule has 82 valence electrons. The standard InChI is InChI=1S/C14H16N2/c1-10-7-16-8-11-6-12(2-3-13(10)11)14(9-15)4-5-14/h2-3,6-8H,4-5,9,15H2,1H3. The predicted molar refractivity (Wildman–Crippen MR) is 66.4 cm³/mol. The van der Waals surface area contributed by atoms with E-state index < -0.39 is 0 Å².